The number of carbonyl (C=O) groups excluding carboxylic acids is 1. The molecule has 0 aliphatic carbocycles. The Labute approximate surface area is 205 Å². The minimum absolute atomic E-state index is 0.0582. The van der Waals surface area contributed by atoms with Crippen molar-refractivity contribution in [2.45, 2.75) is 45.4 Å². The summed E-state index contributed by atoms with van der Waals surface area (Å²) in [7, 11) is -3.91. The van der Waals surface area contributed by atoms with Crippen molar-refractivity contribution in [1.82, 2.24) is 24.6 Å². The second-order valence-electron chi connectivity index (χ2n) is 8.53. The van der Waals surface area contributed by atoms with Gasteiger partial charge in [-0.1, -0.05) is 31.2 Å². The fraction of sp³-hybridized carbons (Fsp3) is 0.269. The van der Waals surface area contributed by atoms with Crippen molar-refractivity contribution >= 4 is 27.1 Å². The summed E-state index contributed by atoms with van der Waals surface area (Å²) in [5, 5.41) is 2.62. The number of nitrogens with zero attached hydrogens (tertiary/aromatic N) is 3. The smallest absolute Gasteiger partial charge is 0.328 e. The van der Waals surface area contributed by atoms with Crippen LogP contribution in [0.15, 0.2) is 59.5 Å². The Balaban J connectivity index is 1.41. The molecule has 8 nitrogen and oxygen atoms in total. The summed E-state index contributed by atoms with van der Waals surface area (Å²) in [6, 6.07) is 15.8. The van der Waals surface area contributed by atoms with Gasteiger partial charge in [-0.05, 0) is 68.7 Å². The van der Waals surface area contributed by atoms with Crippen LogP contribution in [0.25, 0.3) is 16.7 Å². The van der Waals surface area contributed by atoms with Crippen molar-refractivity contribution in [3.63, 3.8) is 0 Å². The van der Waals surface area contributed by atoms with Crippen LogP contribution in [0.4, 0.5) is 4.79 Å². The van der Waals surface area contributed by atoms with Gasteiger partial charge in [-0.15, -0.1) is 0 Å². The third kappa shape index (κ3) is 5.35. The summed E-state index contributed by atoms with van der Waals surface area (Å²) < 4.78 is 29.0. The molecule has 0 aliphatic heterocycles. The minimum Gasteiger partial charge on any atom is -0.337 e. The Morgan fingerprint density at radius 2 is 1.74 bits per heavy atom. The normalized spacial score (nSPS) is 11.5. The van der Waals surface area contributed by atoms with Crippen LogP contribution < -0.4 is 10.0 Å². The molecule has 2 aromatic carbocycles. The van der Waals surface area contributed by atoms with Crippen LogP contribution >= 0.6 is 0 Å². The van der Waals surface area contributed by atoms with Gasteiger partial charge >= 0.3 is 6.03 Å². The molecule has 2 aromatic heterocycles. The van der Waals surface area contributed by atoms with Crippen LogP contribution in [0.2, 0.25) is 0 Å². The highest BCUT2D eigenvalue weighted by Crippen LogP contribution is 2.24. The molecule has 9 heteroatoms. The SMILES string of the molecule is CCc1nc2c(C)nc(C)cc2n1-c1ccc(CCNC(=O)NS(=O)(=O)c2cccc(C)c2)cc1. The molecule has 0 atom stereocenters. The zero-order chi connectivity index (χ0) is 25.2. The van der Waals surface area contributed by atoms with Crippen molar-refractivity contribution < 1.29 is 13.2 Å². The number of benzene rings is 2. The van der Waals surface area contributed by atoms with Crippen molar-refractivity contribution in [2.75, 3.05) is 6.54 Å². The molecule has 35 heavy (non-hydrogen) atoms. The van der Waals surface area contributed by atoms with E-state index < -0.39 is 16.1 Å². The van der Waals surface area contributed by atoms with Gasteiger partial charge in [0.05, 0.1) is 16.1 Å². The Bertz CT molecular complexity index is 1490. The van der Waals surface area contributed by atoms with Crippen LogP contribution in [0.5, 0.6) is 0 Å². The van der Waals surface area contributed by atoms with E-state index in [1.165, 1.54) is 12.1 Å². The fourth-order valence-corrected chi connectivity index (χ4v) is 5.12. The van der Waals surface area contributed by atoms with Crippen molar-refractivity contribution in [2.24, 2.45) is 0 Å². The Morgan fingerprint density at radius 1 is 1.00 bits per heavy atom. The molecular formula is C26H29N5O3S. The molecule has 2 N–H and O–H groups in total. The lowest BCUT2D eigenvalue weighted by molar-refractivity contribution is 0.246. The lowest BCUT2D eigenvalue weighted by Crippen LogP contribution is -2.40. The summed E-state index contributed by atoms with van der Waals surface area (Å²) in [6.07, 6.45) is 1.35. The molecule has 4 rings (SSSR count). The first-order valence-electron chi connectivity index (χ1n) is 11.5. The maximum Gasteiger partial charge on any atom is 0.328 e. The van der Waals surface area contributed by atoms with E-state index in [0.717, 1.165) is 51.5 Å². The second kappa shape index (κ2) is 9.87. The van der Waals surface area contributed by atoms with E-state index in [4.69, 9.17) is 4.98 Å². The fourth-order valence-electron chi connectivity index (χ4n) is 4.08. The van der Waals surface area contributed by atoms with Crippen molar-refractivity contribution in [3.8, 4) is 5.69 Å². The van der Waals surface area contributed by atoms with E-state index in [9.17, 15) is 13.2 Å². The van der Waals surface area contributed by atoms with E-state index in [2.05, 4.69) is 32.6 Å². The number of aryl methyl sites for hydroxylation is 4. The third-order valence-corrected chi connectivity index (χ3v) is 7.08. The van der Waals surface area contributed by atoms with Crippen LogP contribution in [0.3, 0.4) is 0 Å². The molecule has 4 aromatic rings. The Hall–Kier alpha value is -3.72. The number of nitrogens with one attached hydrogen (secondary N) is 2. The maximum atomic E-state index is 12.4. The number of sulfonamides is 1. The van der Waals surface area contributed by atoms with Crippen molar-refractivity contribution in [3.05, 3.63) is 82.9 Å². The zero-order valence-corrected chi connectivity index (χ0v) is 21.1. The minimum atomic E-state index is -3.91. The average Bonchev–Trinajstić information content (AvgIpc) is 3.18. The molecule has 0 unspecified atom stereocenters. The van der Waals surface area contributed by atoms with E-state index in [1.54, 1.807) is 19.1 Å². The largest absolute Gasteiger partial charge is 0.337 e. The molecule has 182 valence electrons. The number of pyridine rings is 1. The summed E-state index contributed by atoms with van der Waals surface area (Å²) in [6.45, 7) is 8.13. The van der Waals surface area contributed by atoms with E-state index >= 15 is 0 Å². The van der Waals surface area contributed by atoms with Gasteiger partial charge in [-0.3, -0.25) is 9.55 Å². The van der Waals surface area contributed by atoms with Crippen LogP contribution in [0.1, 0.15) is 35.3 Å². The van der Waals surface area contributed by atoms with Gasteiger partial charge in [-0.2, -0.15) is 0 Å². The van der Waals surface area contributed by atoms with Crippen molar-refractivity contribution in [1.29, 1.82) is 0 Å². The van der Waals surface area contributed by atoms with Gasteiger partial charge in [0.1, 0.15) is 11.3 Å². The molecule has 0 radical (unpaired) electrons. The van der Waals surface area contributed by atoms with Crippen LogP contribution in [-0.2, 0) is 22.9 Å². The number of amides is 2. The highest BCUT2D eigenvalue weighted by atomic mass is 32.2. The van der Waals surface area contributed by atoms with Crippen LogP contribution in [0, 0.1) is 20.8 Å². The first-order chi connectivity index (χ1) is 16.7. The predicted octanol–water partition coefficient (Wildman–Crippen LogP) is 4.14. The molecule has 0 saturated carbocycles. The van der Waals surface area contributed by atoms with Gasteiger partial charge in [0.25, 0.3) is 10.0 Å². The number of imidazole rings is 1. The summed E-state index contributed by atoms with van der Waals surface area (Å²) in [5.41, 5.74) is 6.64. The number of urea groups is 1. The zero-order valence-electron chi connectivity index (χ0n) is 20.3. The lowest BCUT2D eigenvalue weighted by Gasteiger charge is -2.11. The summed E-state index contributed by atoms with van der Waals surface area (Å²) >= 11 is 0. The molecule has 0 spiro atoms. The number of fused-ring (bicyclic) bond motifs is 1. The first kappa shape index (κ1) is 24.4. The number of rotatable bonds is 7. The molecule has 0 saturated heterocycles. The topological polar surface area (TPSA) is 106 Å². The second-order valence-corrected chi connectivity index (χ2v) is 10.2. The highest BCUT2D eigenvalue weighted by molar-refractivity contribution is 7.90. The van der Waals surface area contributed by atoms with Gasteiger partial charge in [0, 0.05) is 24.3 Å². The standard InChI is InChI=1S/C26H29N5O3S/c1-5-24-29-25-19(4)28-18(3)16-23(25)31(24)21-11-9-20(10-12-21)13-14-27-26(32)30-35(33,34)22-8-6-7-17(2)15-22/h6-12,15-16H,5,13-14H2,1-4H3,(H2,27,30,32). The number of aromatic nitrogens is 3. The number of carbonyl (C=O) groups is 1. The molecular weight excluding hydrogens is 462 g/mol. The summed E-state index contributed by atoms with van der Waals surface area (Å²) in [5.74, 6) is 0.969. The monoisotopic (exact) mass is 491 g/mol. The van der Waals surface area contributed by atoms with E-state index in [0.29, 0.717) is 13.0 Å². The maximum absolute atomic E-state index is 12.4. The van der Waals surface area contributed by atoms with Gasteiger partial charge in [-0.25, -0.2) is 22.9 Å². The van der Waals surface area contributed by atoms with E-state index in [-0.39, 0.29) is 4.90 Å². The molecule has 2 heterocycles. The quantitative estimate of drug-likeness (QED) is 0.404. The molecule has 2 amide bonds. The summed E-state index contributed by atoms with van der Waals surface area (Å²) in [4.78, 5) is 21.5. The number of hydrogen-bond acceptors (Lipinski definition) is 5. The molecule has 0 bridgehead atoms. The third-order valence-electron chi connectivity index (χ3n) is 5.75. The predicted molar refractivity (Wildman–Crippen MR) is 136 cm³/mol. The molecule has 0 aliphatic rings. The first-order valence-corrected chi connectivity index (χ1v) is 13.0. The van der Waals surface area contributed by atoms with Gasteiger partial charge in [0.15, 0.2) is 0 Å². The Morgan fingerprint density at radius 3 is 2.43 bits per heavy atom. The number of hydrogen-bond donors (Lipinski definition) is 2. The lowest BCUT2D eigenvalue weighted by atomic mass is 10.1. The van der Waals surface area contributed by atoms with Gasteiger partial charge in [0.2, 0.25) is 0 Å². The molecule has 0 fully saturated rings. The highest BCUT2D eigenvalue weighted by Gasteiger charge is 2.17. The Kier molecular flexibility index (Phi) is 6.88. The average molecular weight is 492 g/mol. The van der Waals surface area contributed by atoms with Crippen LogP contribution in [-0.4, -0.2) is 35.5 Å². The van der Waals surface area contributed by atoms with Gasteiger partial charge < -0.3 is 5.32 Å². The van der Waals surface area contributed by atoms with E-state index in [1.807, 2.05) is 38.1 Å².